The summed E-state index contributed by atoms with van der Waals surface area (Å²) in [6.45, 7) is 28.2. The standard InChI is InChI=1S/C23H37N5O4SSi.C12H16N4O3S/c1-10-16-18(31-15(3)30-12-11-24-7)19(32-34(8,9)23(4,5)6)22(33-16)28-13-25-17-20(28)26-14(2)27-21(17)29;1-3-6-8(17)9(18)12(20-6)16-4-13-7-10(16)14-5(2)15-11(7)19/h13,15-16,18-19,22H,10-12H2,1-6,8-9H3,(H,26,27,29);4,6,8-9,12,17-18H,3H2,1-2H3,(H,14,15,19)/t15?,16-,18-,19-,22-;6-,8-,9-,12-/m11/s1. The molecule has 16 nitrogen and oxygen atoms in total. The molecule has 6 heterocycles. The van der Waals surface area contributed by atoms with Crippen LogP contribution in [0, 0.1) is 20.4 Å². The van der Waals surface area contributed by atoms with Crippen molar-refractivity contribution in [2.24, 2.45) is 0 Å². The van der Waals surface area contributed by atoms with E-state index in [1.54, 1.807) is 36.5 Å². The minimum absolute atomic E-state index is 0.0117. The Morgan fingerprint density at radius 2 is 1.43 bits per heavy atom. The minimum Gasteiger partial charge on any atom is -0.408 e. The van der Waals surface area contributed by atoms with Gasteiger partial charge in [-0.2, -0.15) is 0 Å². The van der Waals surface area contributed by atoms with E-state index < -0.39 is 26.8 Å². The number of ether oxygens (including phenoxy) is 2. The van der Waals surface area contributed by atoms with Gasteiger partial charge < -0.3 is 38.9 Å². The Labute approximate surface area is 324 Å². The van der Waals surface area contributed by atoms with Crippen LogP contribution in [0.15, 0.2) is 22.2 Å². The highest BCUT2D eigenvalue weighted by molar-refractivity contribution is 8.00. The summed E-state index contributed by atoms with van der Waals surface area (Å²) in [6, 6.07) is 0. The molecule has 2 aliphatic rings. The highest BCUT2D eigenvalue weighted by atomic mass is 32.2. The number of aromatic nitrogens is 8. The second kappa shape index (κ2) is 17.0. The molecule has 2 saturated heterocycles. The van der Waals surface area contributed by atoms with E-state index in [1.165, 1.54) is 18.1 Å². The summed E-state index contributed by atoms with van der Waals surface area (Å²) in [5.74, 6) is 1.04. The number of imidazole rings is 2. The predicted octanol–water partition coefficient (Wildman–Crippen LogP) is 4.68. The number of aryl methyl sites for hydroxylation is 2. The molecule has 6 rings (SSSR count). The monoisotopic (exact) mass is 803 g/mol. The average Bonchev–Trinajstić information content (AvgIpc) is 3.85. The lowest BCUT2D eigenvalue weighted by atomic mass is 10.1. The van der Waals surface area contributed by atoms with Crippen LogP contribution in [0.4, 0.5) is 0 Å². The summed E-state index contributed by atoms with van der Waals surface area (Å²) in [5.41, 5.74) is 1.03. The fourth-order valence-electron chi connectivity index (χ4n) is 6.33. The number of aliphatic hydroxyl groups excluding tert-OH is 2. The molecule has 0 saturated carbocycles. The smallest absolute Gasteiger partial charge is 0.279 e. The molecule has 296 valence electrons. The van der Waals surface area contributed by atoms with Gasteiger partial charge in [-0.3, -0.25) is 18.7 Å². The molecule has 2 fully saturated rings. The normalized spacial score (nSPS) is 26.6. The lowest BCUT2D eigenvalue weighted by Gasteiger charge is -2.41. The van der Waals surface area contributed by atoms with Crippen molar-refractivity contribution in [1.82, 2.24) is 39.0 Å². The number of nitrogens with zero attached hydrogens (tertiary/aromatic N) is 7. The molecule has 0 aromatic carbocycles. The first-order valence-electron chi connectivity index (χ1n) is 18.2. The number of thioether (sulfide) groups is 2. The third-order valence-corrected chi connectivity index (χ3v) is 18.2. The Morgan fingerprint density at radius 3 is 1.91 bits per heavy atom. The van der Waals surface area contributed by atoms with Crippen LogP contribution >= 0.6 is 23.5 Å². The number of aromatic amines is 2. The molecule has 0 aliphatic carbocycles. The molecular formula is C35H53N9O7S2Si. The van der Waals surface area contributed by atoms with Crippen LogP contribution in [0.25, 0.3) is 27.2 Å². The Hall–Kier alpha value is -3.09. The summed E-state index contributed by atoms with van der Waals surface area (Å²) in [6.07, 6.45) is 2.19. The quantitative estimate of drug-likeness (QED) is 0.0706. The molecule has 9 atom stereocenters. The zero-order chi connectivity index (χ0) is 39.7. The van der Waals surface area contributed by atoms with Crippen molar-refractivity contribution >= 4 is 54.2 Å². The van der Waals surface area contributed by atoms with Crippen LogP contribution in [0.2, 0.25) is 18.1 Å². The molecule has 2 aliphatic heterocycles. The van der Waals surface area contributed by atoms with E-state index in [0.717, 1.165) is 12.8 Å². The fourth-order valence-corrected chi connectivity index (χ4v) is 10.8. The molecule has 4 N–H and O–H groups in total. The van der Waals surface area contributed by atoms with E-state index in [-0.39, 0.29) is 55.1 Å². The van der Waals surface area contributed by atoms with Crippen LogP contribution in [0.3, 0.4) is 0 Å². The Balaban J connectivity index is 0.000000237. The van der Waals surface area contributed by atoms with Gasteiger partial charge >= 0.3 is 0 Å². The molecule has 0 spiro atoms. The summed E-state index contributed by atoms with van der Waals surface area (Å²) in [7, 11) is -2.18. The SMILES string of the molecule is CC[C@H]1S[C@@H](n2cnc3c(=O)[nH]c(C)nc32)[C@H](O)[C@@H]1O.[C-]#[N+]CCOC(C)O[C@H]1[C@@H](O[Si](C)(C)C(C)(C)C)[C@H](n2cnc3c(=O)[nH]c(C)nc32)S[C@@H]1CC. The van der Waals surface area contributed by atoms with E-state index in [0.29, 0.717) is 41.6 Å². The van der Waals surface area contributed by atoms with Crippen molar-refractivity contribution in [2.75, 3.05) is 13.2 Å². The maximum atomic E-state index is 12.5. The van der Waals surface area contributed by atoms with Gasteiger partial charge in [0.2, 0.25) is 6.54 Å². The van der Waals surface area contributed by atoms with E-state index in [2.05, 4.69) is 75.5 Å². The summed E-state index contributed by atoms with van der Waals surface area (Å²) < 4.78 is 22.8. The maximum absolute atomic E-state index is 12.5. The number of fused-ring (bicyclic) bond motifs is 2. The van der Waals surface area contributed by atoms with E-state index >= 15 is 0 Å². The zero-order valence-electron chi connectivity index (χ0n) is 32.6. The Kier molecular flexibility index (Phi) is 13.2. The first kappa shape index (κ1) is 42.1. The van der Waals surface area contributed by atoms with Crippen LogP contribution in [-0.2, 0) is 13.9 Å². The van der Waals surface area contributed by atoms with Gasteiger partial charge in [-0.25, -0.2) is 26.5 Å². The maximum Gasteiger partial charge on any atom is 0.279 e. The molecule has 1 unspecified atom stereocenters. The van der Waals surface area contributed by atoms with Gasteiger partial charge in [0, 0.05) is 10.5 Å². The summed E-state index contributed by atoms with van der Waals surface area (Å²) in [4.78, 5) is 50.3. The molecule has 54 heavy (non-hydrogen) atoms. The molecule has 19 heteroatoms. The van der Waals surface area contributed by atoms with Crippen LogP contribution in [0.1, 0.15) is 76.8 Å². The summed E-state index contributed by atoms with van der Waals surface area (Å²) >= 11 is 3.25. The van der Waals surface area contributed by atoms with E-state index in [9.17, 15) is 19.8 Å². The van der Waals surface area contributed by atoms with Gasteiger partial charge in [0.1, 0.15) is 47.3 Å². The van der Waals surface area contributed by atoms with Crippen molar-refractivity contribution in [3.05, 3.63) is 56.4 Å². The predicted molar refractivity (Wildman–Crippen MR) is 213 cm³/mol. The first-order chi connectivity index (χ1) is 25.4. The number of aliphatic hydroxyl groups is 2. The highest BCUT2D eigenvalue weighted by Crippen LogP contribution is 2.50. The average molecular weight is 804 g/mol. The van der Waals surface area contributed by atoms with Gasteiger partial charge in [0.25, 0.3) is 11.1 Å². The van der Waals surface area contributed by atoms with Crippen LogP contribution < -0.4 is 11.1 Å². The number of rotatable bonds is 11. The Bertz CT molecular complexity index is 2070. The van der Waals surface area contributed by atoms with Crippen molar-refractivity contribution in [3.63, 3.8) is 0 Å². The van der Waals surface area contributed by atoms with Gasteiger partial charge in [0.15, 0.2) is 36.9 Å². The summed E-state index contributed by atoms with van der Waals surface area (Å²) in [5, 5.41) is 19.8. The highest BCUT2D eigenvalue weighted by Gasteiger charge is 2.51. The zero-order valence-corrected chi connectivity index (χ0v) is 35.2. The third-order valence-electron chi connectivity index (χ3n) is 10.2. The van der Waals surface area contributed by atoms with Crippen molar-refractivity contribution < 1.29 is 24.1 Å². The van der Waals surface area contributed by atoms with E-state index in [1.807, 2.05) is 18.4 Å². The lowest BCUT2D eigenvalue weighted by molar-refractivity contribution is -0.177. The number of hydrogen-bond donors (Lipinski definition) is 4. The first-order valence-corrected chi connectivity index (χ1v) is 23.0. The van der Waals surface area contributed by atoms with Gasteiger partial charge in [-0.1, -0.05) is 34.6 Å². The number of hydrogen-bond acceptors (Lipinski definition) is 13. The topological polar surface area (TPSA) is 200 Å². The van der Waals surface area contributed by atoms with Crippen molar-refractivity contribution in [3.8, 4) is 0 Å². The van der Waals surface area contributed by atoms with Gasteiger partial charge in [-0.05, 0) is 51.7 Å². The lowest BCUT2D eigenvalue weighted by Crippen LogP contribution is -2.49. The van der Waals surface area contributed by atoms with Gasteiger partial charge in [-0.15, -0.1) is 23.5 Å². The number of H-pyrrole nitrogens is 2. The molecule has 0 bridgehead atoms. The number of nitrogens with one attached hydrogen (secondary N) is 2. The second-order valence-corrected chi connectivity index (χ2v) is 22.6. The van der Waals surface area contributed by atoms with Crippen molar-refractivity contribution in [1.29, 1.82) is 0 Å². The van der Waals surface area contributed by atoms with Crippen molar-refractivity contribution in [2.45, 2.75) is 138 Å². The van der Waals surface area contributed by atoms with Crippen LogP contribution in [-0.4, -0.2) is 112 Å². The van der Waals surface area contributed by atoms with Crippen LogP contribution in [0.5, 0.6) is 0 Å². The molecular weight excluding hydrogens is 751 g/mol. The molecule has 0 amide bonds. The molecule has 4 aromatic heterocycles. The third kappa shape index (κ3) is 8.65. The second-order valence-electron chi connectivity index (χ2n) is 15.1. The van der Waals surface area contributed by atoms with E-state index in [4.69, 9.17) is 20.5 Å². The fraction of sp³-hybridized carbons (Fsp3) is 0.686. The Morgan fingerprint density at radius 1 is 0.907 bits per heavy atom. The van der Waals surface area contributed by atoms with Gasteiger partial charge in [0.05, 0.1) is 18.8 Å². The molecule has 4 aromatic rings. The molecule has 0 radical (unpaired) electrons. The largest absolute Gasteiger partial charge is 0.408 e. The minimum atomic E-state index is -2.18.